The maximum Gasteiger partial charge on any atom is 0.196 e. The minimum absolute atomic E-state index is 0.128. The van der Waals surface area contributed by atoms with E-state index in [1.54, 1.807) is 24.5 Å². The van der Waals surface area contributed by atoms with Gasteiger partial charge < -0.3 is 0 Å². The molecule has 1 aliphatic heterocycles. The minimum Gasteiger partial charge on any atom is -0.297 e. The van der Waals surface area contributed by atoms with E-state index in [9.17, 15) is 9.59 Å². The van der Waals surface area contributed by atoms with Gasteiger partial charge in [-0.25, -0.2) is 0 Å². The summed E-state index contributed by atoms with van der Waals surface area (Å²) in [5, 5.41) is 0. The summed E-state index contributed by atoms with van der Waals surface area (Å²) in [4.78, 5) is 36.4. The molecule has 0 unspecified atom stereocenters. The standard InChI is InChI=1S/C26H25N3O2/c1-19-15-21(17-27-16-19)26(24(30)22-9-5-6-10-23(22)25(26)31)29-13-11-28(12-14-29)18-20-7-3-2-4-8-20/h2-10,15-17H,11-14,18H2,1H3. The van der Waals surface area contributed by atoms with Crippen molar-refractivity contribution in [3.05, 3.63) is 101 Å². The Kier molecular flexibility index (Phi) is 5.00. The first kappa shape index (κ1) is 19.8. The van der Waals surface area contributed by atoms with E-state index in [1.807, 2.05) is 31.2 Å². The van der Waals surface area contributed by atoms with Gasteiger partial charge in [-0.1, -0.05) is 60.7 Å². The molecule has 5 rings (SSSR count). The Bertz CT molecular complexity index is 1100. The number of ketones is 2. The molecule has 5 heteroatoms. The van der Waals surface area contributed by atoms with E-state index in [2.05, 4.69) is 39.0 Å². The quantitative estimate of drug-likeness (QED) is 0.616. The van der Waals surface area contributed by atoms with Crippen LogP contribution in [0.3, 0.4) is 0 Å². The molecule has 0 saturated carbocycles. The molecule has 1 saturated heterocycles. The van der Waals surface area contributed by atoms with Gasteiger partial charge in [-0.05, 0) is 18.1 Å². The van der Waals surface area contributed by atoms with E-state index >= 15 is 0 Å². The number of aryl methyl sites for hydroxylation is 1. The van der Waals surface area contributed by atoms with Gasteiger partial charge in [-0.15, -0.1) is 0 Å². The van der Waals surface area contributed by atoms with Crippen molar-refractivity contribution >= 4 is 11.6 Å². The van der Waals surface area contributed by atoms with Crippen molar-refractivity contribution in [1.29, 1.82) is 0 Å². The largest absolute Gasteiger partial charge is 0.297 e. The van der Waals surface area contributed by atoms with Crippen LogP contribution in [0.4, 0.5) is 0 Å². The van der Waals surface area contributed by atoms with Gasteiger partial charge in [0.25, 0.3) is 0 Å². The molecule has 2 aliphatic rings. The van der Waals surface area contributed by atoms with Crippen molar-refractivity contribution in [1.82, 2.24) is 14.8 Å². The van der Waals surface area contributed by atoms with Crippen LogP contribution in [-0.4, -0.2) is 52.5 Å². The number of rotatable bonds is 4. The summed E-state index contributed by atoms with van der Waals surface area (Å²) in [6, 6.07) is 19.5. The highest BCUT2D eigenvalue weighted by Gasteiger charge is 2.58. The molecule has 0 amide bonds. The summed E-state index contributed by atoms with van der Waals surface area (Å²) in [7, 11) is 0. The van der Waals surface area contributed by atoms with Crippen LogP contribution in [0.2, 0.25) is 0 Å². The molecular formula is C26H25N3O2. The molecule has 2 heterocycles. The molecule has 3 aromatic rings. The lowest BCUT2D eigenvalue weighted by molar-refractivity contribution is 0.0278. The molecule has 1 aliphatic carbocycles. The number of pyridine rings is 1. The number of fused-ring (bicyclic) bond motifs is 1. The molecule has 1 aromatic heterocycles. The van der Waals surface area contributed by atoms with Crippen molar-refractivity contribution in [3.8, 4) is 0 Å². The molecule has 1 fully saturated rings. The zero-order valence-corrected chi connectivity index (χ0v) is 17.6. The van der Waals surface area contributed by atoms with Crippen molar-refractivity contribution < 1.29 is 9.59 Å². The van der Waals surface area contributed by atoms with E-state index in [4.69, 9.17) is 0 Å². The van der Waals surface area contributed by atoms with Crippen LogP contribution >= 0.6 is 0 Å². The van der Waals surface area contributed by atoms with Crippen LogP contribution in [0.5, 0.6) is 0 Å². The summed E-state index contributed by atoms with van der Waals surface area (Å²) in [6.07, 6.45) is 3.44. The number of benzene rings is 2. The SMILES string of the molecule is Cc1cncc(C2(N3CCN(Cc4ccccc4)CC3)C(=O)c3ccccc3C2=O)c1. The van der Waals surface area contributed by atoms with Gasteiger partial charge in [0.05, 0.1) is 0 Å². The fourth-order valence-corrected chi connectivity index (χ4v) is 4.94. The van der Waals surface area contributed by atoms with Gasteiger partial charge in [-0.3, -0.25) is 24.4 Å². The van der Waals surface area contributed by atoms with Crippen molar-refractivity contribution in [3.63, 3.8) is 0 Å². The van der Waals surface area contributed by atoms with E-state index in [-0.39, 0.29) is 11.6 Å². The third-order valence-corrected chi connectivity index (χ3v) is 6.46. The van der Waals surface area contributed by atoms with Crippen molar-refractivity contribution in [2.45, 2.75) is 19.0 Å². The highest BCUT2D eigenvalue weighted by molar-refractivity contribution is 6.32. The second-order valence-corrected chi connectivity index (χ2v) is 8.41. The summed E-state index contributed by atoms with van der Waals surface area (Å²) < 4.78 is 0. The van der Waals surface area contributed by atoms with Gasteiger partial charge in [0.1, 0.15) is 0 Å². The number of carbonyl (C=O) groups is 2. The first-order valence-electron chi connectivity index (χ1n) is 10.7. The van der Waals surface area contributed by atoms with Crippen LogP contribution in [0.25, 0.3) is 0 Å². The molecular weight excluding hydrogens is 386 g/mol. The Labute approximate surface area is 182 Å². The van der Waals surface area contributed by atoms with Crippen LogP contribution < -0.4 is 0 Å². The number of carbonyl (C=O) groups excluding carboxylic acids is 2. The Hall–Kier alpha value is -3.15. The van der Waals surface area contributed by atoms with Crippen LogP contribution in [-0.2, 0) is 12.1 Å². The topological polar surface area (TPSA) is 53.5 Å². The zero-order chi connectivity index (χ0) is 21.4. The van der Waals surface area contributed by atoms with E-state index in [0.717, 1.165) is 25.2 Å². The number of aromatic nitrogens is 1. The summed E-state index contributed by atoms with van der Waals surface area (Å²) in [6.45, 7) is 5.70. The second kappa shape index (κ2) is 7.84. The fraction of sp³-hybridized carbons (Fsp3) is 0.269. The third kappa shape index (κ3) is 3.21. The van der Waals surface area contributed by atoms with E-state index in [0.29, 0.717) is 29.8 Å². The first-order valence-corrected chi connectivity index (χ1v) is 10.7. The van der Waals surface area contributed by atoms with Gasteiger partial charge in [0, 0.05) is 61.8 Å². The molecule has 0 N–H and O–H groups in total. The Morgan fingerprint density at radius 1 is 0.839 bits per heavy atom. The van der Waals surface area contributed by atoms with Gasteiger partial charge in [0.2, 0.25) is 0 Å². The zero-order valence-electron chi connectivity index (χ0n) is 17.6. The molecule has 0 atom stereocenters. The Morgan fingerprint density at radius 3 is 2.06 bits per heavy atom. The van der Waals surface area contributed by atoms with Crippen LogP contribution in [0.1, 0.15) is 37.4 Å². The smallest absolute Gasteiger partial charge is 0.196 e. The number of nitrogens with zero attached hydrogens (tertiary/aromatic N) is 3. The van der Waals surface area contributed by atoms with Gasteiger partial charge in [0.15, 0.2) is 17.1 Å². The molecule has 5 nitrogen and oxygen atoms in total. The minimum atomic E-state index is -1.32. The summed E-state index contributed by atoms with van der Waals surface area (Å²) in [5.41, 5.74) is 2.60. The maximum atomic E-state index is 13.8. The van der Waals surface area contributed by atoms with E-state index in [1.165, 1.54) is 5.56 Å². The monoisotopic (exact) mass is 411 g/mol. The predicted molar refractivity (Wildman–Crippen MR) is 119 cm³/mol. The van der Waals surface area contributed by atoms with Gasteiger partial charge >= 0.3 is 0 Å². The third-order valence-electron chi connectivity index (χ3n) is 6.46. The molecule has 0 spiro atoms. The average Bonchev–Trinajstić information content (AvgIpc) is 3.03. The normalized spacial score (nSPS) is 18.9. The molecule has 2 aromatic carbocycles. The lowest BCUT2D eigenvalue weighted by atomic mass is 9.82. The van der Waals surface area contributed by atoms with Gasteiger partial charge in [-0.2, -0.15) is 0 Å². The van der Waals surface area contributed by atoms with E-state index < -0.39 is 5.54 Å². The lowest BCUT2D eigenvalue weighted by Crippen LogP contribution is -2.60. The Morgan fingerprint density at radius 2 is 1.45 bits per heavy atom. The van der Waals surface area contributed by atoms with Crippen LogP contribution in [0, 0.1) is 6.92 Å². The molecule has 0 bridgehead atoms. The molecule has 156 valence electrons. The number of Topliss-reactive ketones (excluding diaryl/α,β-unsaturated/α-hetero) is 2. The Balaban J connectivity index is 1.49. The van der Waals surface area contributed by atoms with Crippen LogP contribution in [0.15, 0.2) is 73.1 Å². The molecule has 31 heavy (non-hydrogen) atoms. The second-order valence-electron chi connectivity index (χ2n) is 8.41. The lowest BCUT2D eigenvalue weighted by Gasteiger charge is -2.44. The summed E-state index contributed by atoms with van der Waals surface area (Å²) >= 11 is 0. The molecule has 0 radical (unpaired) electrons. The number of hydrogen-bond acceptors (Lipinski definition) is 5. The van der Waals surface area contributed by atoms with Crippen molar-refractivity contribution in [2.75, 3.05) is 26.2 Å². The van der Waals surface area contributed by atoms with Crippen molar-refractivity contribution in [2.24, 2.45) is 0 Å². The predicted octanol–water partition coefficient (Wildman–Crippen LogP) is 3.48. The summed E-state index contributed by atoms with van der Waals surface area (Å²) in [5.74, 6) is -0.256. The first-order chi connectivity index (χ1) is 15.1. The highest BCUT2D eigenvalue weighted by Crippen LogP contribution is 2.43. The number of piperazine rings is 1. The number of hydrogen-bond donors (Lipinski definition) is 0. The average molecular weight is 412 g/mol. The maximum absolute atomic E-state index is 13.8. The fourth-order valence-electron chi connectivity index (χ4n) is 4.94. The highest BCUT2D eigenvalue weighted by atomic mass is 16.2.